The van der Waals surface area contributed by atoms with Gasteiger partial charge >= 0.3 is 0 Å². The number of rotatable bonds is 10. The van der Waals surface area contributed by atoms with Crippen LogP contribution in [0.15, 0.2) is 48.9 Å². The third-order valence-electron chi connectivity index (χ3n) is 5.79. The zero-order valence-corrected chi connectivity index (χ0v) is 21.9. The second kappa shape index (κ2) is 12.8. The minimum atomic E-state index is -0.457. The highest BCUT2D eigenvalue weighted by Gasteiger charge is 2.20. The van der Waals surface area contributed by atoms with Crippen LogP contribution in [-0.4, -0.2) is 78.5 Å². The molecule has 11 nitrogen and oxygen atoms in total. The highest BCUT2D eigenvalue weighted by Crippen LogP contribution is 2.27. The Morgan fingerprint density at radius 3 is 2.67 bits per heavy atom. The van der Waals surface area contributed by atoms with E-state index >= 15 is 0 Å². The Bertz CT molecular complexity index is 1160. The minimum absolute atomic E-state index is 0.0448. The number of benzene rings is 1. The van der Waals surface area contributed by atoms with Gasteiger partial charge in [-0.3, -0.25) is 13.3 Å². The molecule has 0 unspecified atom stereocenters. The van der Waals surface area contributed by atoms with E-state index in [0.29, 0.717) is 31.1 Å². The largest absolute Gasteiger partial charge is 0.395 e. The lowest BCUT2D eigenvalue weighted by molar-refractivity contribution is 0.102. The van der Waals surface area contributed by atoms with Crippen LogP contribution in [0.4, 0.5) is 22.9 Å². The number of carbonyl (C=O) groups excluding carboxylic acids is 1. The molecule has 0 bridgehead atoms. The Kier molecular flexibility index (Phi) is 9.22. The summed E-state index contributed by atoms with van der Waals surface area (Å²) in [6.07, 6.45) is 4.86. The predicted molar refractivity (Wildman–Crippen MR) is 148 cm³/mol. The first-order valence-electron chi connectivity index (χ1n) is 11.6. The van der Waals surface area contributed by atoms with Gasteiger partial charge in [0.1, 0.15) is 0 Å². The molecule has 1 aliphatic heterocycles. The van der Waals surface area contributed by atoms with Gasteiger partial charge in [0, 0.05) is 73.0 Å². The number of hydrogen-bond donors (Lipinski definition) is 4. The van der Waals surface area contributed by atoms with Crippen LogP contribution in [0, 0.1) is 0 Å². The number of aliphatic hydroxyl groups excluding tert-OH is 1. The number of hydrogen-bond acceptors (Lipinski definition) is 10. The first-order valence-corrected chi connectivity index (χ1v) is 12.7. The monoisotopic (exact) mass is 604 g/mol. The zero-order chi connectivity index (χ0) is 25.3. The lowest BCUT2D eigenvalue weighted by Crippen LogP contribution is -2.36. The molecule has 190 valence electrons. The number of anilines is 4. The van der Waals surface area contributed by atoms with Gasteiger partial charge in [-0.25, -0.2) is 9.97 Å². The van der Waals surface area contributed by atoms with Gasteiger partial charge in [0.15, 0.2) is 11.5 Å². The van der Waals surface area contributed by atoms with Gasteiger partial charge in [-0.1, -0.05) is 12.1 Å². The molecule has 3 heterocycles. The highest BCUT2D eigenvalue weighted by molar-refractivity contribution is 14.1. The summed E-state index contributed by atoms with van der Waals surface area (Å²) in [6, 6.07) is 9.61. The molecule has 0 saturated carbocycles. The molecule has 12 heteroatoms. The predicted octanol–water partition coefficient (Wildman–Crippen LogP) is 1.95. The maximum Gasteiger partial charge on any atom is 0.278 e. The van der Waals surface area contributed by atoms with Gasteiger partial charge in [-0.15, -0.1) is 0 Å². The number of nitrogens with zero attached hydrogens (tertiary/aromatic N) is 5. The number of carbonyl (C=O) groups is 1. The average molecular weight is 604 g/mol. The molecule has 1 aliphatic rings. The van der Waals surface area contributed by atoms with E-state index in [-0.39, 0.29) is 18.1 Å². The second-order valence-corrected chi connectivity index (χ2v) is 8.84. The molecule has 1 fully saturated rings. The third-order valence-corrected chi connectivity index (χ3v) is 6.33. The molecule has 1 aromatic carbocycles. The Hall–Kier alpha value is -3.07. The van der Waals surface area contributed by atoms with Crippen LogP contribution in [0.2, 0.25) is 0 Å². The normalized spacial score (nSPS) is 13.4. The van der Waals surface area contributed by atoms with Crippen LogP contribution in [0.25, 0.3) is 11.3 Å². The maximum atomic E-state index is 13.2. The molecule has 5 N–H and O–H groups in total. The van der Waals surface area contributed by atoms with Crippen molar-refractivity contribution < 1.29 is 14.6 Å². The van der Waals surface area contributed by atoms with Crippen LogP contribution in [-0.2, 0) is 4.74 Å². The fourth-order valence-corrected chi connectivity index (χ4v) is 4.20. The third kappa shape index (κ3) is 6.37. The summed E-state index contributed by atoms with van der Waals surface area (Å²) in [5.41, 5.74) is 9.83. The Labute approximate surface area is 223 Å². The number of pyridine rings is 1. The molecule has 0 spiro atoms. The van der Waals surface area contributed by atoms with Crippen molar-refractivity contribution in [3.8, 4) is 11.3 Å². The van der Waals surface area contributed by atoms with Gasteiger partial charge in [0.25, 0.3) is 5.91 Å². The van der Waals surface area contributed by atoms with E-state index in [4.69, 9.17) is 10.5 Å². The summed E-state index contributed by atoms with van der Waals surface area (Å²) in [6.45, 7) is 4.85. The Morgan fingerprint density at radius 1 is 1.17 bits per heavy atom. The van der Waals surface area contributed by atoms with Crippen molar-refractivity contribution in [1.29, 1.82) is 0 Å². The van der Waals surface area contributed by atoms with Crippen molar-refractivity contribution >= 4 is 51.7 Å². The van der Waals surface area contributed by atoms with Crippen LogP contribution in [0.3, 0.4) is 0 Å². The number of aromatic nitrogens is 3. The zero-order valence-electron chi connectivity index (χ0n) is 19.7. The quantitative estimate of drug-likeness (QED) is 0.201. The second-order valence-electron chi connectivity index (χ2n) is 8.08. The molecule has 0 radical (unpaired) electrons. The van der Waals surface area contributed by atoms with Crippen LogP contribution < -0.4 is 24.4 Å². The van der Waals surface area contributed by atoms with Crippen LogP contribution in [0.5, 0.6) is 0 Å². The lowest BCUT2D eigenvalue weighted by atomic mass is 10.1. The number of amides is 1. The standard InChI is InChI=1S/C24H29IN8O3/c25-29-7-8-32(9-12-34)18-3-1-17(2-4-18)19-16-28-23(26)22(30-19)24(35)31-20-15-27-6-5-21(20)33-10-13-36-14-11-33/h1-6,15-16,29,34H,7-14H2,(H2,26,28)(H,31,35). The van der Waals surface area contributed by atoms with E-state index in [1.807, 2.05) is 30.3 Å². The van der Waals surface area contributed by atoms with Gasteiger partial charge in [-0.05, 0) is 18.2 Å². The lowest BCUT2D eigenvalue weighted by Gasteiger charge is -2.30. The van der Waals surface area contributed by atoms with Gasteiger partial charge in [0.05, 0.1) is 49.3 Å². The molecule has 36 heavy (non-hydrogen) atoms. The molecular weight excluding hydrogens is 575 g/mol. The molecule has 0 atom stereocenters. The van der Waals surface area contributed by atoms with Crippen molar-refractivity contribution in [2.75, 3.05) is 73.4 Å². The Balaban J connectivity index is 1.53. The summed E-state index contributed by atoms with van der Waals surface area (Å²) < 4.78 is 8.53. The topological polar surface area (TPSA) is 142 Å². The number of nitrogen functional groups attached to an aromatic ring is 1. The summed E-state index contributed by atoms with van der Waals surface area (Å²) in [7, 11) is 0. The number of halogens is 1. The van der Waals surface area contributed by atoms with E-state index in [1.54, 1.807) is 18.6 Å². The SMILES string of the molecule is Nc1ncc(-c2ccc(N(CCO)CCNI)cc2)nc1C(=O)Nc1cnccc1N1CCOCC1. The molecule has 0 aliphatic carbocycles. The minimum Gasteiger partial charge on any atom is -0.395 e. The summed E-state index contributed by atoms with van der Waals surface area (Å²) in [5, 5.41) is 12.3. The van der Waals surface area contributed by atoms with Crippen molar-refractivity contribution in [2.24, 2.45) is 0 Å². The van der Waals surface area contributed by atoms with Crippen molar-refractivity contribution in [3.05, 3.63) is 54.6 Å². The van der Waals surface area contributed by atoms with Gasteiger partial charge in [0.2, 0.25) is 0 Å². The molecule has 1 saturated heterocycles. The molecule has 1 amide bonds. The van der Waals surface area contributed by atoms with Gasteiger partial charge in [-0.2, -0.15) is 0 Å². The van der Waals surface area contributed by atoms with Crippen molar-refractivity contribution in [2.45, 2.75) is 0 Å². The Morgan fingerprint density at radius 2 is 1.94 bits per heavy atom. The summed E-state index contributed by atoms with van der Waals surface area (Å²) in [4.78, 5) is 30.3. The summed E-state index contributed by atoms with van der Waals surface area (Å²) in [5.74, 6) is -0.411. The molecule has 3 aromatic rings. The number of nitrogens with one attached hydrogen (secondary N) is 2. The molecule has 2 aromatic heterocycles. The first kappa shape index (κ1) is 26.0. The van der Waals surface area contributed by atoms with Crippen LogP contribution in [0.1, 0.15) is 10.5 Å². The smallest absolute Gasteiger partial charge is 0.278 e. The van der Waals surface area contributed by atoms with Crippen molar-refractivity contribution in [1.82, 2.24) is 18.5 Å². The number of morpholine rings is 1. The number of aliphatic hydroxyl groups is 1. The van der Waals surface area contributed by atoms with E-state index in [9.17, 15) is 9.90 Å². The van der Waals surface area contributed by atoms with Crippen molar-refractivity contribution in [3.63, 3.8) is 0 Å². The number of nitrogens with two attached hydrogens (primary N) is 1. The first-order chi connectivity index (χ1) is 17.6. The van der Waals surface area contributed by atoms with Crippen LogP contribution >= 0.6 is 22.9 Å². The molecule has 4 rings (SSSR count). The van der Waals surface area contributed by atoms with E-state index in [1.165, 1.54) is 0 Å². The molecular formula is C24H29IN8O3. The average Bonchev–Trinajstić information content (AvgIpc) is 2.92. The van der Waals surface area contributed by atoms with Gasteiger partial charge < -0.3 is 30.7 Å². The van der Waals surface area contributed by atoms with E-state index < -0.39 is 5.91 Å². The fourth-order valence-electron chi connectivity index (χ4n) is 3.96. The fraction of sp³-hybridized carbons (Fsp3) is 0.333. The number of ether oxygens (including phenoxy) is 1. The summed E-state index contributed by atoms with van der Waals surface area (Å²) >= 11 is 2.10. The highest BCUT2D eigenvalue weighted by atomic mass is 127. The van der Waals surface area contributed by atoms with E-state index in [0.717, 1.165) is 43.1 Å². The van der Waals surface area contributed by atoms with E-state index in [2.05, 4.69) is 56.5 Å². The maximum absolute atomic E-state index is 13.2.